The summed E-state index contributed by atoms with van der Waals surface area (Å²) in [5, 5.41) is 7.23. The highest BCUT2D eigenvalue weighted by Crippen LogP contribution is 2.29. The molecule has 0 radical (unpaired) electrons. The molecule has 6 heteroatoms. The van der Waals surface area contributed by atoms with Crippen molar-refractivity contribution in [3.63, 3.8) is 0 Å². The van der Waals surface area contributed by atoms with Crippen LogP contribution in [0.1, 0.15) is 36.2 Å². The predicted octanol–water partition coefficient (Wildman–Crippen LogP) is 4.37. The van der Waals surface area contributed by atoms with Crippen LogP contribution in [0.25, 0.3) is 0 Å². The molecule has 0 spiro atoms. The van der Waals surface area contributed by atoms with Crippen LogP contribution in [0.2, 0.25) is 0 Å². The fourth-order valence-electron chi connectivity index (χ4n) is 2.76. The van der Waals surface area contributed by atoms with Gasteiger partial charge < -0.3 is 14.8 Å². The summed E-state index contributed by atoms with van der Waals surface area (Å²) >= 11 is 0. The van der Waals surface area contributed by atoms with E-state index in [0.717, 1.165) is 12.0 Å². The smallest absolute Gasteiger partial charge is 0.256 e. The minimum Gasteiger partial charge on any atom is -0.490 e. The molecule has 6 nitrogen and oxygen atoms in total. The molecule has 3 rings (SSSR count). The molecule has 28 heavy (non-hydrogen) atoms. The van der Waals surface area contributed by atoms with E-state index in [2.05, 4.69) is 10.4 Å². The zero-order chi connectivity index (χ0) is 19.8. The molecule has 0 saturated carbocycles. The lowest BCUT2D eigenvalue weighted by Crippen LogP contribution is -2.16. The lowest BCUT2D eigenvalue weighted by Gasteiger charge is -2.13. The summed E-state index contributed by atoms with van der Waals surface area (Å²) in [5.74, 6) is 1.63. The highest BCUT2D eigenvalue weighted by molar-refractivity contribution is 6.04. The number of rotatable bonds is 9. The number of ether oxygens (including phenoxy) is 2. The van der Waals surface area contributed by atoms with Gasteiger partial charge in [0.15, 0.2) is 11.5 Å². The van der Waals surface area contributed by atoms with E-state index in [1.807, 2.05) is 44.2 Å². The second-order valence-corrected chi connectivity index (χ2v) is 6.26. The molecule has 0 aliphatic heterocycles. The second kappa shape index (κ2) is 9.60. The molecule has 1 N–H and O–H groups in total. The molecule has 3 aromatic rings. The molecule has 0 saturated heterocycles. The number of nitrogens with one attached hydrogen (secondary N) is 1. The van der Waals surface area contributed by atoms with Crippen molar-refractivity contribution in [1.82, 2.24) is 9.78 Å². The Morgan fingerprint density at radius 3 is 2.61 bits per heavy atom. The molecule has 0 atom stereocenters. The van der Waals surface area contributed by atoms with Gasteiger partial charge in [-0.15, -0.1) is 0 Å². The average molecular weight is 379 g/mol. The molecule has 2 aromatic carbocycles. The van der Waals surface area contributed by atoms with E-state index >= 15 is 0 Å². The van der Waals surface area contributed by atoms with Crippen molar-refractivity contribution < 1.29 is 14.3 Å². The number of hydrogen-bond donors (Lipinski definition) is 1. The van der Waals surface area contributed by atoms with Crippen molar-refractivity contribution >= 4 is 11.7 Å². The lowest BCUT2D eigenvalue weighted by atomic mass is 10.2. The molecule has 0 aliphatic carbocycles. The van der Waals surface area contributed by atoms with Gasteiger partial charge in [0.2, 0.25) is 0 Å². The number of hydrogen-bond acceptors (Lipinski definition) is 4. The first-order chi connectivity index (χ1) is 13.7. The van der Waals surface area contributed by atoms with Crippen LogP contribution in [0.5, 0.6) is 11.5 Å². The Labute approximate surface area is 165 Å². The average Bonchev–Trinajstić information content (AvgIpc) is 3.14. The first-order valence-corrected chi connectivity index (χ1v) is 9.48. The van der Waals surface area contributed by atoms with E-state index < -0.39 is 0 Å². The number of benzene rings is 2. The third-order valence-corrected chi connectivity index (χ3v) is 4.10. The second-order valence-electron chi connectivity index (χ2n) is 6.26. The Kier molecular flexibility index (Phi) is 6.68. The van der Waals surface area contributed by atoms with Gasteiger partial charge in [-0.05, 0) is 37.1 Å². The molecule has 0 bridgehead atoms. The molecular formula is C22H25N3O3. The van der Waals surface area contributed by atoms with Crippen LogP contribution in [0.4, 0.5) is 5.82 Å². The molecule has 0 aliphatic rings. The van der Waals surface area contributed by atoms with Crippen molar-refractivity contribution in [1.29, 1.82) is 0 Å². The van der Waals surface area contributed by atoms with Gasteiger partial charge in [-0.3, -0.25) is 4.79 Å². The largest absolute Gasteiger partial charge is 0.490 e. The highest BCUT2D eigenvalue weighted by Gasteiger charge is 2.14. The molecule has 0 fully saturated rings. The van der Waals surface area contributed by atoms with Crippen LogP contribution in [-0.2, 0) is 6.54 Å². The molecule has 1 heterocycles. The maximum absolute atomic E-state index is 12.7. The van der Waals surface area contributed by atoms with E-state index in [1.54, 1.807) is 35.1 Å². The van der Waals surface area contributed by atoms with Crippen LogP contribution in [0.3, 0.4) is 0 Å². The summed E-state index contributed by atoms with van der Waals surface area (Å²) < 4.78 is 13.1. The molecule has 0 unspecified atom stereocenters. The molecule has 1 aromatic heterocycles. The van der Waals surface area contributed by atoms with E-state index in [-0.39, 0.29) is 5.91 Å². The molecule has 1 amide bonds. The Hall–Kier alpha value is -3.28. The fourth-order valence-corrected chi connectivity index (χ4v) is 2.76. The fraction of sp³-hybridized carbons (Fsp3) is 0.273. The van der Waals surface area contributed by atoms with Gasteiger partial charge in [0.25, 0.3) is 5.91 Å². The van der Waals surface area contributed by atoms with Crippen LogP contribution in [0.15, 0.2) is 60.8 Å². The SMILES string of the molecule is CCCOc1ccc(C(=O)Nc2ccnn2Cc2ccccc2)cc1OCC. The Morgan fingerprint density at radius 2 is 1.86 bits per heavy atom. The number of nitrogens with zero attached hydrogens (tertiary/aromatic N) is 2. The Bertz CT molecular complexity index is 906. The zero-order valence-electron chi connectivity index (χ0n) is 16.2. The highest BCUT2D eigenvalue weighted by atomic mass is 16.5. The number of anilines is 1. The lowest BCUT2D eigenvalue weighted by molar-refractivity contribution is 0.102. The summed E-state index contributed by atoms with van der Waals surface area (Å²) in [4.78, 5) is 12.7. The summed E-state index contributed by atoms with van der Waals surface area (Å²) in [6.07, 6.45) is 2.57. The van der Waals surface area contributed by atoms with Crippen molar-refractivity contribution in [3.05, 3.63) is 71.9 Å². The third kappa shape index (κ3) is 4.91. The van der Waals surface area contributed by atoms with Gasteiger partial charge in [0.1, 0.15) is 5.82 Å². The number of aromatic nitrogens is 2. The minimum atomic E-state index is -0.224. The maximum atomic E-state index is 12.7. The van der Waals surface area contributed by atoms with Crippen molar-refractivity contribution in [2.45, 2.75) is 26.8 Å². The number of carbonyl (C=O) groups is 1. The van der Waals surface area contributed by atoms with E-state index in [4.69, 9.17) is 9.47 Å². The van der Waals surface area contributed by atoms with Crippen molar-refractivity contribution in [3.8, 4) is 11.5 Å². The topological polar surface area (TPSA) is 65.4 Å². The third-order valence-electron chi connectivity index (χ3n) is 4.10. The van der Waals surface area contributed by atoms with Gasteiger partial charge in [0, 0.05) is 11.6 Å². The van der Waals surface area contributed by atoms with Crippen LogP contribution >= 0.6 is 0 Å². The number of carbonyl (C=O) groups excluding carboxylic acids is 1. The zero-order valence-corrected chi connectivity index (χ0v) is 16.2. The van der Waals surface area contributed by atoms with Gasteiger partial charge >= 0.3 is 0 Å². The van der Waals surface area contributed by atoms with E-state index in [0.29, 0.717) is 42.6 Å². The van der Waals surface area contributed by atoms with Crippen LogP contribution in [0, 0.1) is 0 Å². The predicted molar refractivity (Wildman–Crippen MR) is 109 cm³/mol. The number of amides is 1. The van der Waals surface area contributed by atoms with Crippen molar-refractivity contribution in [2.75, 3.05) is 18.5 Å². The van der Waals surface area contributed by atoms with Gasteiger partial charge in [0.05, 0.1) is 26.0 Å². The van der Waals surface area contributed by atoms with E-state index in [1.165, 1.54) is 0 Å². The summed E-state index contributed by atoms with van der Waals surface area (Å²) in [6, 6.07) is 17.0. The Morgan fingerprint density at radius 1 is 1.04 bits per heavy atom. The quantitative estimate of drug-likeness (QED) is 0.599. The summed E-state index contributed by atoms with van der Waals surface area (Å²) in [5.41, 5.74) is 1.61. The molecule has 146 valence electrons. The Balaban J connectivity index is 1.74. The van der Waals surface area contributed by atoms with Gasteiger partial charge in [-0.2, -0.15) is 5.10 Å². The van der Waals surface area contributed by atoms with Crippen molar-refractivity contribution in [2.24, 2.45) is 0 Å². The monoisotopic (exact) mass is 379 g/mol. The van der Waals surface area contributed by atoms with E-state index in [9.17, 15) is 4.79 Å². The van der Waals surface area contributed by atoms with Crippen LogP contribution in [-0.4, -0.2) is 28.9 Å². The molecular weight excluding hydrogens is 354 g/mol. The normalized spacial score (nSPS) is 10.5. The maximum Gasteiger partial charge on any atom is 0.256 e. The van der Waals surface area contributed by atoms with Crippen LogP contribution < -0.4 is 14.8 Å². The first kappa shape index (κ1) is 19.5. The summed E-state index contributed by atoms with van der Waals surface area (Å²) in [6.45, 7) is 5.62. The minimum absolute atomic E-state index is 0.224. The first-order valence-electron chi connectivity index (χ1n) is 9.48. The van der Waals surface area contributed by atoms with Gasteiger partial charge in [-0.25, -0.2) is 4.68 Å². The standard InChI is InChI=1S/C22H25N3O3/c1-3-14-28-19-11-10-18(15-20(19)27-4-2)22(26)24-21-12-13-23-25(21)16-17-8-6-5-7-9-17/h5-13,15H,3-4,14,16H2,1-2H3,(H,24,26). The summed E-state index contributed by atoms with van der Waals surface area (Å²) in [7, 11) is 0. The van der Waals surface area contributed by atoms with Gasteiger partial charge in [-0.1, -0.05) is 37.3 Å².